The molecule has 0 amide bonds. The molecule has 0 saturated heterocycles. The molecule has 1 aromatic carbocycles. The third-order valence-corrected chi connectivity index (χ3v) is 2.59. The van der Waals surface area contributed by atoms with Crippen LogP contribution < -0.4 is 5.32 Å². The highest BCUT2D eigenvalue weighted by molar-refractivity contribution is 5.16. The molecule has 86 valence electrons. The number of nitriles is 1. The Balaban J connectivity index is 2.56. The molecule has 1 atom stereocenters. The van der Waals surface area contributed by atoms with Crippen LogP contribution in [0.3, 0.4) is 0 Å². The topological polar surface area (TPSA) is 35.8 Å². The van der Waals surface area contributed by atoms with Crippen molar-refractivity contribution in [2.75, 3.05) is 0 Å². The summed E-state index contributed by atoms with van der Waals surface area (Å²) in [6.07, 6.45) is 0.871. The highest BCUT2D eigenvalue weighted by atomic mass is 15.0. The molecule has 1 rings (SSSR count). The van der Waals surface area contributed by atoms with Crippen molar-refractivity contribution in [3.05, 3.63) is 35.9 Å². The van der Waals surface area contributed by atoms with Gasteiger partial charge in [0.05, 0.1) is 6.07 Å². The Morgan fingerprint density at radius 3 is 2.44 bits per heavy atom. The van der Waals surface area contributed by atoms with Gasteiger partial charge in [0, 0.05) is 6.54 Å². The van der Waals surface area contributed by atoms with E-state index in [1.807, 2.05) is 25.1 Å². The molecular weight excluding hydrogens is 196 g/mol. The van der Waals surface area contributed by atoms with Crippen LogP contribution >= 0.6 is 0 Å². The Morgan fingerprint density at radius 2 is 1.94 bits per heavy atom. The van der Waals surface area contributed by atoms with Crippen molar-refractivity contribution in [1.82, 2.24) is 5.32 Å². The van der Waals surface area contributed by atoms with E-state index in [4.69, 9.17) is 0 Å². The molecule has 2 heteroatoms. The SMILES string of the molecule is CC(C)CC(C)(C#N)NCc1ccccc1. The molecule has 0 aliphatic carbocycles. The molecule has 0 spiro atoms. The van der Waals surface area contributed by atoms with Crippen molar-refractivity contribution in [2.24, 2.45) is 5.92 Å². The predicted octanol–water partition coefficient (Wildman–Crippen LogP) is 3.10. The van der Waals surface area contributed by atoms with Gasteiger partial charge in [-0.05, 0) is 24.8 Å². The maximum Gasteiger partial charge on any atom is 0.104 e. The first-order valence-electron chi connectivity index (χ1n) is 5.76. The van der Waals surface area contributed by atoms with Crippen molar-refractivity contribution in [3.8, 4) is 6.07 Å². The number of rotatable bonds is 5. The standard InChI is InChI=1S/C14H20N2/c1-12(2)9-14(3,11-15)16-10-13-7-5-4-6-8-13/h4-8,12,16H,9-10H2,1-3H3. The first-order valence-corrected chi connectivity index (χ1v) is 5.76. The number of benzene rings is 1. The molecule has 0 aliphatic heterocycles. The zero-order valence-electron chi connectivity index (χ0n) is 10.3. The van der Waals surface area contributed by atoms with Crippen LogP contribution in [0.25, 0.3) is 0 Å². The summed E-state index contributed by atoms with van der Waals surface area (Å²) in [5.74, 6) is 0.521. The van der Waals surface area contributed by atoms with E-state index in [1.165, 1.54) is 5.56 Å². The van der Waals surface area contributed by atoms with Crippen LogP contribution in [-0.4, -0.2) is 5.54 Å². The Labute approximate surface area is 98.3 Å². The van der Waals surface area contributed by atoms with Crippen molar-refractivity contribution >= 4 is 0 Å². The van der Waals surface area contributed by atoms with E-state index in [9.17, 15) is 5.26 Å². The average molecular weight is 216 g/mol. The van der Waals surface area contributed by atoms with Gasteiger partial charge in [-0.15, -0.1) is 0 Å². The molecule has 0 saturated carbocycles. The second kappa shape index (κ2) is 5.67. The summed E-state index contributed by atoms with van der Waals surface area (Å²) in [5.41, 5.74) is 0.789. The van der Waals surface area contributed by atoms with Gasteiger partial charge in [-0.3, -0.25) is 5.32 Å². The summed E-state index contributed by atoms with van der Waals surface area (Å²) in [6, 6.07) is 12.5. The lowest BCUT2D eigenvalue weighted by molar-refractivity contribution is 0.363. The van der Waals surface area contributed by atoms with E-state index >= 15 is 0 Å². The number of nitrogens with zero attached hydrogens (tertiary/aromatic N) is 1. The Hall–Kier alpha value is -1.33. The van der Waals surface area contributed by atoms with E-state index < -0.39 is 5.54 Å². The van der Waals surface area contributed by atoms with Gasteiger partial charge in [0.15, 0.2) is 0 Å². The molecule has 1 N–H and O–H groups in total. The molecule has 2 nitrogen and oxygen atoms in total. The molecule has 0 aromatic heterocycles. The van der Waals surface area contributed by atoms with Crippen LogP contribution in [0.15, 0.2) is 30.3 Å². The molecule has 0 heterocycles. The molecular formula is C14H20N2. The van der Waals surface area contributed by atoms with Gasteiger partial charge < -0.3 is 0 Å². The highest BCUT2D eigenvalue weighted by Crippen LogP contribution is 2.16. The lowest BCUT2D eigenvalue weighted by Gasteiger charge is -2.25. The second-order valence-electron chi connectivity index (χ2n) is 4.88. The molecule has 0 fully saturated rings. The quantitative estimate of drug-likeness (QED) is 0.821. The maximum atomic E-state index is 9.20. The molecule has 1 unspecified atom stereocenters. The van der Waals surface area contributed by atoms with E-state index in [2.05, 4.69) is 37.4 Å². The fourth-order valence-corrected chi connectivity index (χ4v) is 1.87. The fourth-order valence-electron chi connectivity index (χ4n) is 1.87. The Morgan fingerprint density at radius 1 is 1.31 bits per heavy atom. The third-order valence-electron chi connectivity index (χ3n) is 2.59. The van der Waals surface area contributed by atoms with Crippen LogP contribution in [0, 0.1) is 17.2 Å². The summed E-state index contributed by atoms with van der Waals surface area (Å²) in [6.45, 7) is 6.99. The first kappa shape index (κ1) is 12.7. The summed E-state index contributed by atoms with van der Waals surface area (Å²) >= 11 is 0. The van der Waals surface area contributed by atoms with Gasteiger partial charge in [0.2, 0.25) is 0 Å². The van der Waals surface area contributed by atoms with E-state index in [-0.39, 0.29) is 0 Å². The molecule has 16 heavy (non-hydrogen) atoms. The maximum absolute atomic E-state index is 9.20. The van der Waals surface area contributed by atoms with Crippen LogP contribution in [0.5, 0.6) is 0 Å². The van der Waals surface area contributed by atoms with Gasteiger partial charge >= 0.3 is 0 Å². The van der Waals surface area contributed by atoms with Crippen molar-refractivity contribution in [1.29, 1.82) is 5.26 Å². The number of hydrogen-bond donors (Lipinski definition) is 1. The van der Waals surface area contributed by atoms with Gasteiger partial charge in [-0.25, -0.2) is 0 Å². The fraction of sp³-hybridized carbons (Fsp3) is 0.500. The number of nitrogens with one attached hydrogen (secondary N) is 1. The van der Waals surface area contributed by atoms with E-state index in [1.54, 1.807) is 0 Å². The molecule has 0 bridgehead atoms. The molecule has 0 aliphatic rings. The van der Waals surface area contributed by atoms with Gasteiger partial charge in [-0.1, -0.05) is 44.2 Å². The van der Waals surface area contributed by atoms with Crippen LogP contribution in [0.4, 0.5) is 0 Å². The zero-order valence-corrected chi connectivity index (χ0v) is 10.3. The smallest absolute Gasteiger partial charge is 0.104 e. The normalized spacial score (nSPS) is 14.4. The van der Waals surface area contributed by atoms with E-state index in [0.29, 0.717) is 5.92 Å². The minimum Gasteiger partial charge on any atom is -0.295 e. The van der Waals surface area contributed by atoms with Gasteiger partial charge in [-0.2, -0.15) is 5.26 Å². The van der Waals surface area contributed by atoms with Gasteiger partial charge in [0.25, 0.3) is 0 Å². The Bertz CT molecular complexity index is 351. The highest BCUT2D eigenvalue weighted by Gasteiger charge is 2.23. The average Bonchev–Trinajstić information content (AvgIpc) is 2.27. The first-order chi connectivity index (χ1) is 7.56. The van der Waals surface area contributed by atoms with Crippen molar-refractivity contribution < 1.29 is 0 Å². The zero-order chi connectivity index (χ0) is 12.0. The van der Waals surface area contributed by atoms with Crippen LogP contribution in [0.2, 0.25) is 0 Å². The minimum atomic E-state index is -0.427. The summed E-state index contributed by atoms with van der Waals surface area (Å²) in [4.78, 5) is 0. The molecule has 0 radical (unpaired) electrons. The molecule has 1 aromatic rings. The third kappa shape index (κ3) is 4.04. The van der Waals surface area contributed by atoms with Crippen molar-refractivity contribution in [3.63, 3.8) is 0 Å². The second-order valence-corrected chi connectivity index (χ2v) is 4.88. The summed E-state index contributed by atoms with van der Waals surface area (Å²) in [7, 11) is 0. The summed E-state index contributed by atoms with van der Waals surface area (Å²) in [5, 5.41) is 12.5. The van der Waals surface area contributed by atoms with Crippen molar-refractivity contribution in [2.45, 2.75) is 39.3 Å². The summed E-state index contributed by atoms with van der Waals surface area (Å²) < 4.78 is 0. The predicted molar refractivity (Wildman–Crippen MR) is 66.8 cm³/mol. The van der Waals surface area contributed by atoms with Crippen LogP contribution in [-0.2, 0) is 6.54 Å². The Kier molecular flexibility index (Phi) is 4.52. The lowest BCUT2D eigenvalue weighted by atomic mass is 9.92. The van der Waals surface area contributed by atoms with Crippen LogP contribution in [0.1, 0.15) is 32.8 Å². The van der Waals surface area contributed by atoms with E-state index in [0.717, 1.165) is 13.0 Å². The monoisotopic (exact) mass is 216 g/mol. The lowest BCUT2D eigenvalue weighted by Crippen LogP contribution is -2.41. The minimum absolute atomic E-state index is 0.427. The number of hydrogen-bond acceptors (Lipinski definition) is 2. The largest absolute Gasteiger partial charge is 0.295 e. The van der Waals surface area contributed by atoms with Gasteiger partial charge in [0.1, 0.15) is 5.54 Å².